The Balaban J connectivity index is 1.63. The smallest absolute Gasteiger partial charge is 0.119 e. The number of benzene rings is 1. The lowest BCUT2D eigenvalue weighted by Gasteiger charge is -2.25. The highest BCUT2D eigenvalue weighted by Gasteiger charge is 2.24. The first-order valence-corrected chi connectivity index (χ1v) is 8.98. The zero-order chi connectivity index (χ0) is 18.1. The SMILES string of the molecule is c1ccc(-c2cc(-c3cn(C4COC4)nc3-c3ccccn3)ccn2)cc1. The number of nitrogens with zero attached hydrogens (tertiary/aromatic N) is 4. The molecule has 132 valence electrons. The topological polar surface area (TPSA) is 52.8 Å². The molecule has 0 radical (unpaired) electrons. The first-order chi connectivity index (χ1) is 13.4. The van der Waals surface area contributed by atoms with Crippen molar-refractivity contribution in [2.24, 2.45) is 0 Å². The zero-order valence-corrected chi connectivity index (χ0v) is 14.7. The van der Waals surface area contributed by atoms with Gasteiger partial charge in [-0.1, -0.05) is 36.4 Å². The summed E-state index contributed by atoms with van der Waals surface area (Å²) in [5.74, 6) is 0. The fourth-order valence-electron chi connectivity index (χ4n) is 3.22. The molecule has 1 aliphatic heterocycles. The van der Waals surface area contributed by atoms with Crippen molar-refractivity contribution in [1.82, 2.24) is 19.7 Å². The van der Waals surface area contributed by atoms with Gasteiger partial charge in [-0.25, -0.2) is 0 Å². The van der Waals surface area contributed by atoms with Crippen molar-refractivity contribution < 1.29 is 4.74 Å². The molecule has 5 heteroatoms. The van der Waals surface area contributed by atoms with Crippen LogP contribution in [0, 0.1) is 0 Å². The third kappa shape index (κ3) is 3.02. The highest BCUT2D eigenvalue weighted by Crippen LogP contribution is 2.33. The number of hydrogen-bond acceptors (Lipinski definition) is 4. The Morgan fingerprint density at radius 3 is 2.37 bits per heavy atom. The molecular formula is C22H18N4O. The van der Waals surface area contributed by atoms with E-state index >= 15 is 0 Å². The molecule has 0 aliphatic carbocycles. The van der Waals surface area contributed by atoms with Crippen LogP contribution in [0.2, 0.25) is 0 Å². The molecule has 4 heterocycles. The van der Waals surface area contributed by atoms with Gasteiger partial charge in [0.25, 0.3) is 0 Å². The van der Waals surface area contributed by atoms with E-state index in [1.165, 1.54) is 0 Å². The number of rotatable bonds is 4. The van der Waals surface area contributed by atoms with Gasteiger partial charge in [-0.15, -0.1) is 0 Å². The van der Waals surface area contributed by atoms with Crippen LogP contribution >= 0.6 is 0 Å². The van der Waals surface area contributed by atoms with Gasteiger partial charge in [-0.05, 0) is 29.8 Å². The standard InChI is InChI=1S/C22H18N4O/c1-2-6-16(7-3-1)21-12-17(9-11-24-21)19-13-26(18-14-27-15-18)25-22(19)20-8-4-5-10-23-20/h1-13,18H,14-15H2. The second-order valence-corrected chi connectivity index (χ2v) is 6.57. The summed E-state index contributed by atoms with van der Waals surface area (Å²) in [5.41, 5.74) is 5.92. The summed E-state index contributed by atoms with van der Waals surface area (Å²) in [5, 5.41) is 4.84. The summed E-state index contributed by atoms with van der Waals surface area (Å²) in [4.78, 5) is 9.05. The first-order valence-electron chi connectivity index (χ1n) is 8.98. The third-order valence-electron chi connectivity index (χ3n) is 4.77. The van der Waals surface area contributed by atoms with Crippen LogP contribution in [-0.2, 0) is 4.74 Å². The van der Waals surface area contributed by atoms with Gasteiger partial charge < -0.3 is 4.74 Å². The van der Waals surface area contributed by atoms with E-state index in [1.807, 2.05) is 53.3 Å². The molecule has 0 atom stereocenters. The molecule has 0 unspecified atom stereocenters. The fourth-order valence-corrected chi connectivity index (χ4v) is 3.22. The highest BCUT2D eigenvalue weighted by atomic mass is 16.5. The predicted octanol–water partition coefficient (Wildman–Crippen LogP) is 4.25. The normalized spacial score (nSPS) is 14.1. The van der Waals surface area contributed by atoms with Gasteiger partial charge in [0.1, 0.15) is 5.69 Å². The Morgan fingerprint density at radius 1 is 0.815 bits per heavy atom. The van der Waals surface area contributed by atoms with Crippen LogP contribution in [0.3, 0.4) is 0 Å². The van der Waals surface area contributed by atoms with Crippen LogP contribution in [-0.4, -0.2) is 33.0 Å². The lowest BCUT2D eigenvalue weighted by molar-refractivity contribution is -0.0285. The maximum Gasteiger partial charge on any atom is 0.119 e. The maximum absolute atomic E-state index is 5.34. The van der Waals surface area contributed by atoms with Crippen LogP contribution in [0.1, 0.15) is 6.04 Å². The van der Waals surface area contributed by atoms with Gasteiger partial charge in [-0.2, -0.15) is 5.10 Å². The van der Waals surface area contributed by atoms with Crippen LogP contribution in [0.25, 0.3) is 33.8 Å². The molecule has 3 aromatic heterocycles. The Labute approximate surface area is 157 Å². The summed E-state index contributed by atoms with van der Waals surface area (Å²) < 4.78 is 7.35. The van der Waals surface area contributed by atoms with E-state index in [-0.39, 0.29) is 6.04 Å². The van der Waals surface area contributed by atoms with Crippen molar-refractivity contribution in [2.45, 2.75) is 6.04 Å². The number of aromatic nitrogens is 4. The molecule has 4 aromatic rings. The quantitative estimate of drug-likeness (QED) is 0.550. The lowest BCUT2D eigenvalue weighted by atomic mass is 10.0. The Hall–Kier alpha value is -3.31. The molecule has 0 bridgehead atoms. The van der Waals surface area contributed by atoms with Gasteiger partial charge in [-0.3, -0.25) is 14.6 Å². The number of hydrogen-bond donors (Lipinski definition) is 0. The van der Waals surface area contributed by atoms with Crippen molar-refractivity contribution >= 4 is 0 Å². The minimum atomic E-state index is 0.289. The van der Waals surface area contributed by atoms with Crippen molar-refractivity contribution in [1.29, 1.82) is 0 Å². The number of pyridine rings is 2. The predicted molar refractivity (Wildman–Crippen MR) is 104 cm³/mol. The van der Waals surface area contributed by atoms with Gasteiger partial charge in [0.15, 0.2) is 0 Å². The zero-order valence-electron chi connectivity index (χ0n) is 14.7. The van der Waals surface area contributed by atoms with E-state index < -0.39 is 0 Å². The summed E-state index contributed by atoms with van der Waals surface area (Å²) in [7, 11) is 0. The molecule has 0 saturated carbocycles. The van der Waals surface area contributed by atoms with E-state index in [2.05, 4.69) is 34.4 Å². The molecule has 5 rings (SSSR count). The highest BCUT2D eigenvalue weighted by molar-refractivity contribution is 5.80. The van der Waals surface area contributed by atoms with E-state index in [0.29, 0.717) is 13.2 Å². The van der Waals surface area contributed by atoms with Gasteiger partial charge in [0, 0.05) is 29.7 Å². The second kappa shape index (κ2) is 6.78. The molecule has 0 spiro atoms. The maximum atomic E-state index is 5.34. The van der Waals surface area contributed by atoms with Crippen molar-refractivity contribution in [3.63, 3.8) is 0 Å². The molecule has 0 N–H and O–H groups in total. The lowest BCUT2D eigenvalue weighted by Crippen LogP contribution is -2.30. The van der Waals surface area contributed by atoms with Crippen LogP contribution in [0.15, 0.2) is 79.3 Å². The summed E-state index contributed by atoms with van der Waals surface area (Å²) in [6, 6.07) is 20.5. The van der Waals surface area contributed by atoms with Crippen LogP contribution < -0.4 is 0 Å². The summed E-state index contributed by atoms with van der Waals surface area (Å²) in [6.07, 6.45) is 5.75. The van der Waals surface area contributed by atoms with Crippen LogP contribution in [0.5, 0.6) is 0 Å². The second-order valence-electron chi connectivity index (χ2n) is 6.57. The molecule has 1 saturated heterocycles. The third-order valence-corrected chi connectivity index (χ3v) is 4.77. The summed E-state index contributed by atoms with van der Waals surface area (Å²) in [6.45, 7) is 1.41. The van der Waals surface area contributed by atoms with Crippen molar-refractivity contribution in [2.75, 3.05) is 13.2 Å². The van der Waals surface area contributed by atoms with Crippen molar-refractivity contribution in [3.8, 4) is 33.8 Å². The molecule has 27 heavy (non-hydrogen) atoms. The van der Waals surface area contributed by atoms with Gasteiger partial charge in [0.2, 0.25) is 0 Å². The molecular weight excluding hydrogens is 336 g/mol. The summed E-state index contributed by atoms with van der Waals surface area (Å²) >= 11 is 0. The Morgan fingerprint density at radius 2 is 1.63 bits per heavy atom. The van der Waals surface area contributed by atoms with Gasteiger partial charge >= 0.3 is 0 Å². The molecule has 1 aliphatic rings. The molecule has 5 nitrogen and oxygen atoms in total. The van der Waals surface area contributed by atoms with E-state index in [0.717, 1.165) is 33.8 Å². The number of ether oxygens (including phenoxy) is 1. The van der Waals surface area contributed by atoms with Crippen molar-refractivity contribution in [3.05, 3.63) is 79.3 Å². The molecule has 1 fully saturated rings. The first kappa shape index (κ1) is 15.9. The van der Waals surface area contributed by atoms with Gasteiger partial charge in [0.05, 0.1) is 30.6 Å². The molecule has 0 amide bonds. The van der Waals surface area contributed by atoms with E-state index in [1.54, 1.807) is 6.20 Å². The van der Waals surface area contributed by atoms with Crippen LogP contribution in [0.4, 0.5) is 0 Å². The monoisotopic (exact) mass is 354 g/mol. The minimum absolute atomic E-state index is 0.289. The minimum Gasteiger partial charge on any atom is -0.377 e. The largest absolute Gasteiger partial charge is 0.377 e. The van der Waals surface area contributed by atoms with E-state index in [4.69, 9.17) is 9.84 Å². The fraction of sp³-hybridized carbons (Fsp3) is 0.136. The molecule has 1 aromatic carbocycles. The Bertz CT molecular complexity index is 1060. The average molecular weight is 354 g/mol. The van der Waals surface area contributed by atoms with E-state index in [9.17, 15) is 0 Å². The average Bonchev–Trinajstić information content (AvgIpc) is 3.13. The Kier molecular flexibility index (Phi) is 3.99.